The molecular formula is C14H11ClFN3. The molecule has 1 aromatic carbocycles. The van der Waals surface area contributed by atoms with Crippen molar-refractivity contribution >= 4 is 22.6 Å². The Morgan fingerprint density at radius 3 is 2.74 bits per heavy atom. The third kappa shape index (κ3) is 1.98. The zero-order valence-corrected chi connectivity index (χ0v) is 11.2. The Hall–Kier alpha value is -1.94. The first-order valence-electron chi connectivity index (χ1n) is 5.80. The number of hydrogen-bond donors (Lipinski definition) is 0. The van der Waals surface area contributed by atoms with Crippen LogP contribution in [0.25, 0.3) is 22.4 Å². The smallest absolute Gasteiger partial charge is 0.144 e. The van der Waals surface area contributed by atoms with Crippen LogP contribution in [-0.4, -0.2) is 14.5 Å². The molecule has 0 atom stereocenters. The van der Waals surface area contributed by atoms with Crippen LogP contribution >= 0.6 is 11.6 Å². The van der Waals surface area contributed by atoms with Crippen LogP contribution in [0.2, 0.25) is 5.02 Å². The third-order valence-corrected chi connectivity index (χ3v) is 3.35. The van der Waals surface area contributed by atoms with Crippen LogP contribution in [0.1, 0.15) is 5.56 Å². The van der Waals surface area contributed by atoms with E-state index in [0.29, 0.717) is 5.52 Å². The summed E-state index contributed by atoms with van der Waals surface area (Å²) in [6.45, 7) is 1.97. The molecule has 96 valence electrons. The van der Waals surface area contributed by atoms with E-state index in [0.717, 1.165) is 22.5 Å². The number of nitrogens with zero attached hydrogens (tertiary/aromatic N) is 3. The molecule has 5 heteroatoms. The Labute approximate surface area is 114 Å². The fourth-order valence-corrected chi connectivity index (χ4v) is 2.28. The summed E-state index contributed by atoms with van der Waals surface area (Å²) in [6.07, 6.45) is 3.52. The largest absolute Gasteiger partial charge is 0.327 e. The van der Waals surface area contributed by atoms with Gasteiger partial charge >= 0.3 is 0 Å². The Balaban J connectivity index is 2.28. The first kappa shape index (κ1) is 12.1. The SMILES string of the molecule is Cc1cncc(-c2nc3cc(F)c(Cl)cc3n2C)c1. The fraction of sp³-hybridized carbons (Fsp3) is 0.143. The molecule has 0 spiro atoms. The zero-order chi connectivity index (χ0) is 13.6. The standard InChI is InChI=1S/C14H11ClFN3/c1-8-3-9(7-17-6-8)14-18-12-5-11(16)10(15)4-13(12)19(14)2/h3-7H,1-2H3. The van der Waals surface area contributed by atoms with Crippen LogP contribution in [0.4, 0.5) is 4.39 Å². The van der Waals surface area contributed by atoms with Gasteiger partial charge in [-0.25, -0.2) is 9.37 Å². The van der Waals surface area contributed by atoms with Crippen LogP contribution in [-0.2, 0) is 7.05 Å². The van der Waals surface area contributed by atoms with Crippen molar-refractivity contribution in [3.63, 3.8) is 0 Å². The number of pyridine rings is 1. The molecule has 3 rings (SSSR count). The molecule has 0 fully saturated rings. The fourth-order valence-electron chi connectivity index (χ4n) is 2.12. The van der Waals surface area contributed by atoms with Gasteiger partial charge in [-0.1, -0.05) is 11.6 Å². The highest BCUT2D eigenvalue weighted by atomic mass is 35.5. The molecule has 3 nitrogen and oxygen atoms in total. The van der Waals surface area contributed by atoms with E-state index in [1.165, 1.54) is 6.07 Å². The zero-order valence-electron chi connectivity index (χ0n) is 10.5. The molecule has 0 N–H and O–H groups in total. The minimum absolute atomic E-state index is 0.101. The van der Waals surface area contributed by atoms with E-state index in [1.54, 1.807) is 18.5 Å². The van der Waals surface area contributed by atoms with Crippen molar-refractivity contribution in [3.8, 4) is 11.4 Å². The molecule has 0 unspecified atom stereocenters. The van der Waals surface area contributed by atoms with E-state index in [9.17, 15) is 4.39 Å². The van der Waals surface area contributed by atoms with E-state index in [2.05, 4.69) is 9.97 Å². The normalized spacial score (nSPS) is 11.2. The van der Waals surface area contributed by atoms with E-state index in [4.69, 9.17) is 11.6 Å². The van der Waals surface area contributed by atoms with E-state index >= 15 is 0 Å². The third-order valence-electron chi connectivity index (χ3n) is 3.06. The van der Waals surface area contributed by atoms with Gasteiger partial charge in [-0.2, -0.15) is 0 Å². The second kappa shape index (κ2) is 4.31. The molecule has 0 radical (unpaired) electrons. The minimum Gasteiger partial charge on any atom is -0.327 e. The maximum absolute atomic E-state index is 13.5. The summed E-state index contributed by atoms with van der Waals surface area (Å²) in [5.74, 6) is 0.286. The second-order valence-corrected chi connectivity index (χ2v) is 4.91. The lowest BCUT2D eigenvalue weighted by Gasteiger charge is -2.03. The van der Waals surface area contributed by atoms with Crippen LogP contribution in [0.5, 0.6) is 0 Å². The van der Waals surface area contributed by atoms with Crippen molar-refractivity contribution in [1.82, 2.24) is 14.5 Å². The number of aromatic nitrogens is 3. The molecule has 0 amide bonds. The Bertz CT molecular complexity index is 780. The number of rotatable bonds is 1. The van der Waals surface area contributed by atoms with Gasteiger partial charge < -0.3 is 4.57 Å². The molecule has 2 aromatic heterocycles. The van der Waals surface area contributed by atoms with Gasteiger partial charge in [0.2, 0.25) is 0 Å². The van der Waals surface area contributed by atoms with Gasteiger partial charge in [-0.3, -0.25) is 4.98 Å². The van der Waals surface area contributed by atoms with Crippen molar-refractivity contribution in [1.29, 1.82) is 0 Å². The van der Waals surface area contributed by atoms with E-state index in [-0.39, 0.29) is 5.02 Å². The molecule has 0 saturated heterocycles. The van der Waals surface area contributed by atoms with E-state index in [1.807, 2.05) is 24.6 Å². The lowest BCUT2D eigenvalue weighted by atomic mass is 10.2. The number of fused-ring (bicyclic) bond motifs is 1. The molecule has 0 aliphatic carbocycles. The van der Waals surface area contributed by atoms with Gasteiger partial charge in [0.25, 0.3) is 0 Å². The summed E-state index contributed by atoms with van der Waals surface area (Å²) in [5.41, 5.74) is 3.33. The van der Waals surface area contributed by atoms with Crippen molar-refractivity contribution in [2.45, 2.75) is 6.92 Å². The number of imidazole rings is 1. The van der Waals surface area contributed by atoms with Gasteiger partial charge in [-0.15, -0.1) is 0 Å². The number of benzene rings is 1. The monoisotopic (exact) mass is 275 g/mol. The first-order chi connectivity index (χ1) is 9.06. The second-order valence-electron chi connectivity index (χ2n) is 4.50. The summed E-state index contributed by atoms with van der Waals surface area (Å²) in [7, 11) is 1.88. The molecular weight excluding hydrogens is 265 g/mol. The van der Waals surface area contributed by atoms with Crippen molar-refractivity contribution < 1.29 is 4.39 Å². The van der Waals surface area contributed by atoms with Gasteiger partial charge in [0.05, 0.1) is 16.1 Å². The Morgan fingerprint density at radius 1 is 1.21 bits per heavy atom. The van der Waals surface area contributed by atoms with Crippen molar-refractivity contribution in [2.75, 3.05) is 0 Å². The molecule has 0 aliphatic rings. The maximum Gasteiger partial charge on any atom is 0.144 e. The molecule has 0 bridgehead atoms. The van der Waals surface area contributed by atoms with Gasteiger partial charge in [0, 0.05) is 31.1 Å². The summed E-state index contributed by atoms with van der Waals surface area (Å²) in [5, 5.41) is 0.101. The number of aryl methyl sites for hydroxylation is 2. The van der Waals surface area contributed by atoms with Crippen LogP contribution in [0.15, 0.2) is 30.6 Å². The molecule has 19 heavy (non-hydrogen) atoms. The van der Waals surface area contributed by atoms with Crippen molar-refractivity contribution in [2.24, 2.45) is 7.05 Å². The quantitative estimate of drug-likeness (QED) is 0.677. The van der Waals surface area contributed by atoms with Gasteiger partial charge in [0.1, 0.15) is 11.6 Å². The average Bonchev–Trinajstić information content (AvgIpc) is 2.68. The van der Waals surface area contributed by atoms with Crippen LogP contribution in [0, 0.1) is 12.7 Å². The Morgan fingerprint density at radius 2 is 2.00 bits per heavy atom. The molecule has 0 aliphatic heterocycles. The highest BCUT2D eigenvalue weighted by Gasteiger charge is 2.12. The molecule has 2 heterocycles. The number of hydrogen-bond acceptors (Lipinski definition) is 2. The highest BCUT2D eigenvalue weighted by molar-refractivity contribution is 6.31. The average molecular weight is 276 g/mol. The van der Waals surface area contributed by atoms with Crippen molar-refractivity contribution in [3.05, 3.63) is 47.0 Å². The van der Waals surface area contributed by atoms with E-state index < -0.39 is 5.82 Å². The predicted octanol–water partition coefficient (Wildman–Crippen LogP) is 3.74. The van der Waals surface area contributed by atoms with Crippen LogP contribution in [0.3, 0.4) is 0 Å². The maximum atomic E-state index is 13.5. The van der Waals surface area contributed by atoms with Crippen LogP contribution < -0.4 is 0 Å². The van der Waals surface area contributed by atoms with Gasteiger partial charge in [0.15, 0.2) is 0 Å². The predicted molar refractivity (Wildman–Crippen MR) is 73.7 cm³/mol. The number of halogens is 2. The van der Waals surface area contributed by atoms with Gasteiger partial charge in [-0.05, 0) is 24.6 Å². The first-order valence-corrected chi connectivity index (χ1v) is 6.17. The highest BCUT2D eigenvalue weighted by Crippen LogP contribution is 2.27. The summed E-state index contributed by atoms with van der Waals surface area (Å²) >= 11 is 5.81. The lowest BCUT2D eigenvalue weighted by Crippen LogP contribution is -1.93. The Kier molecular flexibility index (Phi) is 2.75. The summed E-state index contributed by atoms with van der Waals surface area (Å²) in [4.78, 5) is 8.60. The lowest BCUT2D eigenvalue weighted by molar-refractivity contribution is 0.630. The molecule has 3 aromatic rings. The summed E-state index contributed by atoms with van der Waals surface area (Å²) in [6, 6.07) is 4.93. The minimum atomic E-state index is -0.457. The summed E-state index contributed by atoms with van der Waals surface area (Å²) < 4.78 is 15.3. The topological polar surface area (TPSA) is 30.7 Å². The molecule has 0 saturated carbocycles.